The number of methoxy groups -OCH3 is 1. The average Bonchev–Trinajstić information content (AvgIpc) is 3.39. The van der Waals surface area contributed by atoms with Crippen molar-refractivity contribution in [3.8, 4) is 11.5 Å². The Hall–Kier alpha value is -5.84. The fourth-order valence-electron chi connectivity index (χ4n) is 9.52. The standard InChI is InChI=1S/C32H44O5.C31H42O5/c1-8-31(35,9-2)19-18-25-12-13-26(20-23(25)5)32(10-3,11-4)27-14-16-29(24(6)21-27)37-22-28(33)15-17-30(34)36-7;1-7-30(35,8-2)18-17-24-11-12-25(19-22(24)5)31(9-3,10-4)26-13-15-28(23(6)20-26)36-21-27(32)14-16-29(33)34/h12-14,16,18-21,35H,8-11,15,17,22H2,1-7H3;11-13,15,17-20,35H,7-10,14,16,21H2,1-6H3,(H,33,34)/b19-18+;18-17+. The Morgan fingerprint density at radius 1 is 0.466 bits per heavy atom. The number of carboxylic acid groups (broad SMARTS) is 1. The fourth-order valence-corrected chi connectivity index (χ4v) is 9.52. The maximum absolute atomic E-state index is 12.1. The van der Waals surface area contributed by atoms with E-state index in [1.54, 1.807) is 0 Å². The number of hydrogen-bond acceptors (Lipinski definition) is 9. The molecule has 0 unspecified atom stereocenters. The minimum Gasteiger partial charge on any atom is -0.486 e. The van der Waals surface area contributed by atoms with Gasteiger partial charge in [-0.1, -0.05) is 140 Å². The number of aryl methyl sites for hydroxylation is 4. The summed E-state index contributed by atoms with van der Waals surface area (Å²) < 4.78 is 16.1. The van der Waals surface area contributed by atoms with Crippen LogP contribution in [0, 0.1) is 27.7 Å². The van der Waals surface area contributed by atoms with Crippen LogP contribution in [-0.4, -0.2) is 70.4 Å². The largest absolute Gasteiger partial charge is 0.486 e. The van der Waals surface area contributed by atoms with Crippen LogP contribution in [0.1, 0.15) is 188 Å². The predicted octanol–water partition coefficient (Wildman–Crippen LogP) is 13.7. The molecule has 10 nitrogen and oxygen atoms in total. The van der Waals surface area contributed by atoms with Crippen molar-refractivity contribution in [2.75, 3.05) is 20.3 Å². The second-order valence-electron chi connectivity index (χ2n) is 19.6. The first-order chi connectivity index (χ1) is 34.6. The number of carbonyl (C=O) groups is 4. The lowest BCUT2D eigenvalue weighted by Crippen LogP contribution is -2.26. The maximum atomic E-state index is 12.1. The molecule has 0 saturated carbocycles. The molecule has 398 valence electrons. The molecule has 0 aromatic heterocycles. The van der Waals surface area contributed by atoms with Crippen LogP contribution >= 0.6 is 0 Å². The van der Waals surface area contributed by atoms with Crippen molar-refractivity contribution in [3.63, 3.8) is 0 Å². The molecule has 0 aliphatic rings. The SMILES string of the molecule is CCC(O)(/C=C/c1ccc(C(CC)(CC)c2ccc(OCC(=O)CCC(=O)O)c(C)c2)cc1C)CC.CCC(O)(/C=C/c1ccc(C(CC)(CC)c2ccc(OCC(=O)CCC(=O)OC)c(C)c2)cc1C)CC. The van der Waals surface area contributed by atoms with Gasteiger partial charge in [-0.3, -0.25) is 19.2 Å². The summed E-state index contributed by atoms with van der Waals surface area (Å²) in [6, 6.07) is 25.5. The molecule has 3 N–H and O–H groups in total. The van der Waals surface area contributed by atoms with Crippen LogP contribution in [0.5, 0.6) is 11.5 Å². The molecule has 4 rings (SSSR count). The van der Waals surface area contributed by atoms with E-state index in [9.17, 15) is 29.4 Å². The van der Waals surface area contributed by atoms with E-state index in [-0.39, 0.29) is 61.3 Å². The highest BCUT2D eigenvalue weighted by atomic mass is 16.5. The number of ketones is 2. The second-order valence-corrected chi connectivity index (χ2v) is 19.6. The number of aliphatic hydroxyl groups is 2. The number of benzene rings is 4. The van der Waals surface area contributed by atoms with Gasteiger partial charge in [-0.15, -0.1) is 0 Å². The van der Waals surface area contributed by atoms with Gasteiger partial charge in [0, 0.05) is 23.7 Å². The number of carbonyl (C=O) groups excluding carboxylic acids is 3. The molecule has 0 spiro atoms. The number of hydrogen-bond donors (Lipinski definition) is 3. The van der Waals surface area contributed by atoms with Crippen LogP contribution in [-0.2, 0) is 34.7 Å². The van der Waals surface area contributed by atoms with Crippen LogP contribution in [0.25, 0.3) is 12.2 Å². The van der Waals surface area contributed by atoms with Crippen molar-refractivity contribution in [3.05, 3.63) is 141 Å². The zero-order valence-electron chi connectivity index (χ0n) is 46.3. The van der Waals surface area contributed by atoms with Gasteiger partial charge in [0.2, 0.25) is 0 Å². The van der Waals surface area contributed by atoms with Crippen molar-refractivity contribution >= 4 is 35.7 Å². The molecular weight excluding hydrogens is 917 g/mol. The van der Waals surface area contributed by atoms with E-state index in [1.165, 1.54) is 40.5 Å². The summed E-state index contributed by atoms with van der Waals surface area (Å²) in [6.07, 6.45) is 14.3. The molecule has 4 aromatic rings. The van der Waals surface area contributed by atoms with Crippen molar-refractivity contribution in [1.82, 2.24) is 0 Å². The van der Waals surface area contributed by atoms with E-state index >= 15 is 0 Å². The van der Waals surface area contributed by atoms with Gasteiger partial charge in [-0.2, -0.15) is 0 Å². The van der Waals surface area contributed by atoms with Crippen molar-refractivity contribution < 1.29 is 48.7 Å². The van der Waals surface area contributed by atoms with E-state index in [4.69, 9.17) is 14.6 Å². The molecule has 0 aliphatic heterocycles. The third-order valence-electron chi connectivity index (χ3n) is 15.3. The molecule has 10 heteroatoms. The molecule has 0 amide bonds. The number of ether oxygens (including phenoxy) is 3. The number of esters is 1. The number of rotatable bonds is 28. The van der Waals surface area contributed by atoms with Gasteiger partial charge in [-0.25, -0.2) is 0 Å². The van der Waals surface area contributed by atoms with Crippen LogP contribution in [0.2, 0.25) is 0 Å². The Morgan fingerprint density at radius 3 is 1.08 bits per heavy atom. The summed E-state index contributed by atoms with van der Waals surface area (Å²) in [5.41, 5.74) is 9.54. The summed E-state index contributed by atoms with van der Waals surface area (Å²) >= 11 is 0. The normalized spacial score (nSPS) is 12.2. The van der Waals surface area contributed by atoms with Crippen molar-refractivity contribution in [2.45, 2.75) is 182 Å². The minimum absolute atomic E-state index is 0.0258. The van der Waals surface area contributed by atoms with Crippen molar-refractivity contribution in [2.24, 2.45) is 0 Å². The fraction of sp³-hybridized carbons (Fsp3) is 0.492. The van der Waals surface area contributed by atoms with E-state index < -0.39 is 23.1 Å². The van der Waals surface area contributed by atoms with Gasteiger partial charge in [0.25, 0.3) is 0 Å². The van der Waals surface area contributed by atoms with Gasteiger partial charge < -0.3 is 29.5 Å². The van der Waals surface area contributed by atoms with Crippen LogP contribution in [0.3, 0.4) is 0 Å². The summed E-state index contributed by atoms with van der Waals surface area (Å²) in [5, 5.41) is 30.0. The van der Waals surface area contributed by atoms with E-state index in [1.807, 2.05) is 78.0 Å². The van der Waals surface area contributed by atoms with E-state index in [0.29, 0.717) is 37.2 Å². The van der Waals surface area contributed by atoms with Crippen molar-refractivity contribution in [1.29, 1.82) is 0 Å². The second kappa shape index (κ2) is 28.6. The van der Waals surface area contributed by atoms with Crippen LogP contribution < -0.4 is 9.47 Å². The third kappa shape index (κ3) is 16.6. The third-order valence-corrected chi connectivity index (χ3v) is 15.3. The summed E-state index contributed by atoms with van der Waals surface area (Å²) in [7, 11) is 1.31. The van der Waals surface area contributed by atoms with Crippen LogP contribution in [0.4, 0.5) is 0 Å². The number of Topliss-reactive ketones (excluding diaryl/α,β-unsaturated/α-hetero) is 2. The first-order valence-corrected chi connectivity index (χ1v) is 26.5. The zero-order chi connectivity index (χ0) is 54.6. The van der Waals surface area contributed by atoms with Crippen LogP contribution in [0.15, 0.2) is 84.9 Å². The molecule has 0 radical (unpaired) electrons. The number of carboxylic acids is 1. The Morgan fingerprint density at radius 2 is 0.795 bits per heavy atom. The molecule has 0 bridgehead atoms. The molecule has 0 aliphatic carbocycles. The van der Waals surface area contributed by atoms with Gasteiger partial charge in [0.05, 0.1) is 31.2 Å². The first-order valence-electron chi connectivity index (χ1n) is 26.5. The minimum atomic E-state index is -0.984. The van der Waals surface area contributed by atoms with Gasteiger partial charge in [0.1, 0.15) is 24.7 Å². The molecule has 4 aromatic carbocycles. The maximum Gasteiger partial charge on any atom is 0.305 e. The lowest BCUT2D eigenvalue weighted by Gasteiger charge is -2.34. The van der Waals surface area contributed by atoms with Gasteiger partial charge >= 0.3 is 11.9 Å². The highest BCUT2D eigenvalue weighted by Crippen LogP contribution is 2.43. The topological polar surface area (TPSA) is 157 Å². The monoisotopic (exact) mass is 1000 g/mol. The van der Waals surface area contributed by atoms with Gasteiger partial charge in [0.15, 0.2) is 11.6 Å². The van der Waals surface area contributed by atoms with E-state index in [0.717, 1.165) is 47.9 Å². The average molecular weight is 1000 g/mol. The smallest absolute Gasteiger partial charge is 0.305 e. The summed E-state index contributed by atoms with van der Waals surface area (Å²) in [5.74, 6) is -0.425. The Kier molecular flexibility index (Phi) is 24.1. The van der Waals surface area contributed by atoms with E-state index in [2.05, 4.69) is 107 Å². The Bertz CT molecular complexity index is 2510. The molecule has 0 heterocycles. The predicted molar refractivity (Wildman–Crippen MR) is 296 cm³/mol. The highest BCUT2D eigenvalue weighted by Gasteiger charge is 2.33. The highest BCUT2D eigenvalue weighted by molar-refractivity contribution is 5.84. The lowest BCUT2D eigenvalue weighted by molar-refractivity contribution is -0.142. The summed E-state index contributed by atoms with van der Waals surface area (Å²) in [6.45, 7) is 24.8. The zero-order valence-corrected chi connectivity index (χ0v) is 46.3. The molecular formula is C63H86O10. The molecule has 73 heavy (non-hydrogen) atoms. The quantitative estimate of drug-likeness (QED) is 0.0468. The Labute approximate surface area is 437 Å². The summed E-state index contributed by atoms with van der Waals surface area (Å²) in [4.78, 5) is 45.9. The van der Waals surface area contributed by atoms with Gasteiger partial charge in [-0.05, 0) is 147 Å². The number of aliphatic carboxylic acids is 1. The molecule has 0 saturated heterocycles. The Balaban J connectivity index is 0.000000385. The molecule has 0 fully saturated rings. The first kappa shape index (κ1) is 61.5. The molecule has 0 atom stereocenters. The lowest BCUT2D eigenvalue weighted by atomic mass is 9.70.